The Balaban J connectivity index is 1.98. The number of nitrogens with one attached hydrogen (secondary N) is 1. The molecule has 1 aromatic carbocycles. The number of ether oxygens (including phenoxy) is 1. The molecule has 0 saturated carbocycles. The molecule has 29 heavy (non-hydrogen) atoms. The van der Waals surface area contributed by atoms with Crippen molar-refractivity contribution in [3.63, 3.8) is 0 Å². The number of methoxy groups -OCH3 is 1. The third-order valence-corrected chi connectivity index (χ3v) is 5.94. The molecular formula is C21H28N2O5S. The zero-order valence-electron chi connectivity index (χ0n) is 17.1. The van der Waals surface area contributed by atoms with E-state index < -0.39 is 23.3 Å². The minimum absolute atomic E-state index is 0.150. The van der Waals surface area contributed by atoms with Crippen LogP contribution in [-0.4, -0.2) is 58.8 Å². The monoisotopic (exact) mass is 420 g/mol. The Kier molecular flexibility index (Phi) is 8.70. The Morgan fingerprint density at radius 1 is 1.24 bits per heavy atom. The van der Waals surface area contributed by atoms with Gasteiger partial charge in [0, 0.05) is 13.5 Å². The van der Waals surface area contributed by atoms with Gasteiger partial charge in [-0.3, -0.25) is 14.4 Å². The first kappa shape index (κ1) is 22.9. The summed E-state index contributed by atoms with van der Waals surface area (Å²) in [5.41, 5.74) is 1.08. The zero-order chi connectivity index (χ0) is 21.4. The van der Waals surface area contributed by atoms with Crippen molar-refractivity contribution in [3.8, 4) is 0 Å². The van der Waals surface area contributed by atoms with E-state index in [4.69, 9.17) is 4.74 Å². The van der Waals surface area contributed by atoms with Crippen LogP contribution in [-0.2, 0) is 30.3 Å². The van der Waals surface area contributed by atoms with Crippen LogP contribution in [0.15, 0.2) is 30.3 Å². The van der Waals surface area contributed by atoms with Crippen LogP contribution in [0.25, 0.3) is 0 Å². The summed E-state index contributed by atoms with van der Waals surface area (Å²) in [6, 6.07) is 8.32. The van der Waals surface area contributed by atoms with Crippen molar-refractivity contribution in [2.45, 2.75) is 56.9 Å². The molecule has 158 valence electrons. The van der Waals surface area contributed by atoms with Crippen molar-refractivity contribution < 1.29 is 23.9 Å². The molecule has 1 saturated heterocycles. The maximum absolute atomic E-state index is 12.8. The van der Waals surface area contributed by atoms with E-state index in [2.05, 4.69) is 5.32 Å². The molecule has 1 aromatic rings. The van der Waals surface area contributed by atoms with Crippen molar-refractivity contribution in [1.29, 1.82) is 0 Å². The Morgan fingerprint density at radius 2 is 1.93 bits per heavy atom. The first-order valence-corrected chi connectivity index (χ1v) is 10.6. The molecule has 1 aliphatic heterocycles. The summed E-state index contributed by atoms with van der Waals surface area (Å²) in [4.78, 5) is 50.5. The number of nitrogens with zero attached hydrogens (tertiary/aromatic N) is 1. The van der Waals surface area contributed by atoms with Gasteiger partial charge in [0.05, 0.1) is 12.4 Å². The highest BCUT2D eigenvalue weighted by atomic mass is 32.2. The van der Waals surface area contributed by atoms with E-state index in [-0.39, 0.29) is 16.9 Å². The van der Waals surface area contributed by atoms with E-state index in [1.807, 2.05) is 30.3 Å². The highest BCUT2D eigenvalue weighted by Crippen LogP contribution is 2.21. The van der Waals surface area contributed by atoms with Gasteiger partial charge in [-0.15, -0.1) is 0 Å². The summed E-state index contributed by atoms with van der Waals surface area (Å²) in [6.45, 7) is 3.48. The van der Waals surface area contributed by atoms with Crippen LogP contribution in [0, 0.1) is 0 Å². The molecule has 2 rings (SSSR count). The number of hydrogen-bond acceptors (Lipinski definition) is 6. The van der Waals surface area contributed by atoms with E-state index in [1.54, 1.807) is 6.92 Å². The number of aryl methyl sites for hydroxylation is 1. The predicted molar refractivity (Wildman–Crippen MR) is 111 cm³/mol. The van der Waals surface area contributed by atoms with E-state index in [9.17, 15) is 19.2 Å². The Bertz CT molecular complexity index is 740. The lowest BCUT2D eigenvalue weighted by atomic mass is 10.1. The second kappa shape index (κ2) is 11.0. The number of amides is 2. The fraction of sp³-hybridized carbons (Fsp3) is 0.524. The fourth-order valence-corrected chi connectivity index (χ4v) is 4.23. The number of likely N-dealkylation sites (tertiary alicyclic amines) is 1. The first-order chi connectivity index (χ1) is 13.8. The number of hydrogen-bond donors (Lipinski definition) is 1. The summed E-state index contributed by atoms with van der Waals surface area (Å²) in [5, 5.41) is 1.98. The molecule has 0 unspecified atom stereocenters. The standard InChI is InChI=1S/C21H28N2O5S/c1-14(20(26)23-13-7-10-17(23)21(27)28-3)22-19(25)18(29-15(2)24)12-11-16-8-5-4-6-9-16/h4-6,8-9,14,17-18H,7,10-13H2,1-3H3,(H,22,25)/t14-,17-,18-/m0/s1. The van der Waals surface area contributed by atoms with Gasteiger partial charge < -0.3 is 15.0 Å². The minimum atomic E-state index is -0.792. The van der Waals surface area contributed by atoms with Crippen LogP contribution < -0.4 is 5.32 Å². The summed E-state index contributed by atoms with van der Waals surface area (Å²) in [5.74, 6) is -1.11. The van der Waals surface area contributed by atoms with Crippen molar-refractivity contribution in [1.82, 2.24) is 10.2 Å². The number of thioether (sulfide) groups is 1. The zero-order valence-corrected chi connectivity index (χ0v) is 17.9. The normalized spacial score (nSPS) is 18.0. The lowest BCUT2D eigenvalue weighted by Gasteiger charge is -2.27. The second-order valence-corrected chi connectivity index (χ2v) is 8.45. The Morgan fingerprint density at radius 3 is 2.55 bits per heavy atom. The molecule has 1 N–H and O–H groups in total. The molecule has 0 spiro atoms. The predicted octanol–water partition coefficient (Wildman–Crippen LogP) is 1.94. The maximum Gasteiger partial charge on any atom is 0.328 e. The van der Waals surface area contributed by atoms with Crippen LogP contribution in [0.3, 0.4) is 0 Å². The SMILES string of the molecule is COC(=O)[C@@H]1CCCN1C(=O)[C@H](C)NC(=O)[C@H](CCc1ccccc1)SC(C)=O. The quantitative estimate of drug-likeness (QED) is 0.646. The molecule has 7 nitrogen and oxygen atoms in total. The summed E-state index contributed by atoms with van der Waals surface area (Å²) in [6.07, 6.45) is 2.40. The van der Waals surface area contributed by atoms with Crippen LogP contribution in [0.4, 0.5) is 0 Å². The van der Waals surface area contributed by atoms with Gasteiger partial charge in [0.25, 0.3) is 0 Å². The van der Waals surface area contributed by atoms with Gasteiger partial charge in [0.2, 0.25) is 11.8 Å². The molecule has 0 aliphatic carbocycles. The van der Waals surface area contributed by atoms with E-state index in [1.165, 1.54) is 18.9 Å². The molecule has 0 aromatic heterocycles. The first-order valence-electron chi connectivity index (χ1n) is 9.73. The van der Waals surface area contributed by atoms with Gasteiger partial charge in [-0.05, 0) is 38.2 Å². The molecule has 1 fully saturated rings. The number of rotatable bonds is 8. The molecular weight excluding hydrogens is 392 g/mol. The minimum Gasteiger partial charge on any atom is -0.467 e. The highest BCUT2D eigenvalue weighted by Gasteiger charge is 2.37. The third-order valence-electron chi connectivity index (χ3n) is 4.88. The van der Waals surface area contributed by atoms with Gasteiger partial charge >= 0.3 is 5.97 Å². The maximum atomic E-state index is 12.8. The van der Waals surface area contributed by atoms with E-state index in [0.717, 1.165) is 17.3 Å². The van der Waals surface area contributed by atoms with Gasteiger partial charge in [0.1, 0.15) is 12.1 Å². The Labute approximate surface area is 175 Å². The van der Waals surface area contributed by atoms with Crippen molar-refractivity contribution in [2.24, 2.45) is 0 Å². The third kappa shape index (κ3) is 6.59. The number of carbonyl (C=O) groups excluding carboxylic acids is 4. The average molecular weight is 421 g/mol. The van der Waals surface area contributed by atoms with E-state index >= 15 is 0 Å². The van der Waals surface area contributed by atoms with Crippen LogP contribution in [0.1, 0.15) is 38.7 Å². The van der Waals surface area contributed by atoms with Crippen molar-refractivity contribution in [2.75, 3.05) is 13.7 Å². The molecule has 1 aliphatic rings. The van der Waals surface area contributed by atoms with Crippen molar-refractivity contribution >= 4 is 34.7 Å². The Hall–Kier alpha value is -2.35. The number of benzene rings is 1. The molecule has 8 heteroatoms. The van der Waals surface area contributed by atoms with Gasteiger partial charge in [-0.2, -0.15) is 0 Å². The number of carbonyl (C=O) groups is 4. The number of esters is 1. The van der Waals surface area contributed by atoms with Crippen LogP contribution in [0.5, 0.6) is 0 Å². The van der Waals surface area contributed by atoms with Gasteiger partial charge in [0.15, 0.2) is 5.12 Å². The van der Waals surface area contributed by atoms with Crippen LogP contribution >= 0.6 is 11.8 Å². The van der Waals surface area contributed by atoms with Gasteiger partial charge in [-0.1, -0.05) is 42.1 Å². The largest absolute Gasteiger partial charge is 0.467 e. The molecule has 0 bridgehead atoms. The molecule has 1 heterocycles. The lowest BCUT2D eigenvalue weighted by Crippen LogP contribution is -2.52. The van der Waals surface area contributed by atoms with Gasteiger partial charge in [-0.25, -0.2) is 4.79 Å². The second-order valence-electron chi connectivity index (χ2n) is 7.07. The lowest BCUT2D eigenvalue weighted by molar-refractivity contribution is -0.151. The summed E-state index contributed by atoms with van der Waals surface area (Å²) in [7, 11) is 1.30. The average Bonchev–Trinajstić information content (AvgIpc) is 3.20. The molecule has 2 amide bonds. The summed E-state index contributed by atoms with van der Waals surface area (Å²) < 4.78 is 4.77. The van der Waals surface area contributed by atoms with E-state index in [0.29, 0.717) is 32.2 Å². The topological polar surface area (TPSA) is 92.8 Å². The molecule has 0 radical (unpaired) electrons. The van der Waals surface area contributed by atoms with Crippen molar-refractivity contribution in [3.05, 3.63) is 35.9 Å². The summed E-state index contributed by atoms with van der Waals surface area (Å²) >= 11 is 0.972. The van der Waals surface area contributed by atoms with Crippen LogP contribution in [0.2, 0.25) is 0 Å². The highest BCUT2D eigenvalue weighted by molar-refractivity contribution is 8.14. The smallest absolute Gasteiger partial charge is 0.328 e. The fourth-order valence-electron chi connectivity index (χ4n) is 3.41. The molecule has 3 atom stereocenters.